The number of aliphatic hydroxyl groups is 3. The molecule has 0 aliphatic rings. The Balaban J connectivity index is 2.83. The molecule has 1 heterocycles. The molecule has 0 saturated carbocycles. The van der Waals surface area contributed by atoms with Gasteiger partial charge in [0.2, 0.25) is 5.60 Å². The maximum atomic E-state index is 13.4. The van der Waals surface area contributed by atoms with Crippen molar-refractivity contribution in [2.45, 2.75) is 31.5 Å². The standard InChI is InChI=1S/C18H20F3N3O4/c1-9-3-4-11(17(28,8-26)18(19,20)21)5-12(9)13-6-23-14(10(2)7-25)15(24-13)16(22)27/h3-6,10,25-26,28H,7-8H2,1-2H3,(H2,22,27)/t10-,17+/m0/s1/i1D3. The summed E-state index contributed by atoms with van der Waals surface area (Å²) in [5.41, 5.74) is -0.660. The van der Waals surface area contributed by atoms with Crippen molar-refractivity contribution >= 4 is 5.91 Å². The number of halogens is 3. The highest BCUT2D eigenvalue weighted by molar-refractivity contribution is 5.92. The molecule has 7 nitrogen and oxygen atoms in total. The second-order valence-electron chi connectivity index (χ2n) is 6.21. The lowest BCUT2D eigenvalue weighted by Crippen LogP contribution is -2.45. The first-order chi connectivity index (χ1) is 14.2. The minimum Gasteiger partial charge on any atom is -0.396 e. The molecule has 2 rings (SSSR count). The van der Waals surface area contributed by atoms with Crippen LogP contribution in [0, 0.1) is 6.85 Å². The van der Waals surface area contributed by atoms with Crippen molar-refractivity contribution < 1.29 is 37.4 Å². The summed E-state index contributed by atoms with van der Waals surface area (Å²) in [6.07, 6.45) is -4.25. The number of aliphatic hydroxyl groups excluding tert-OH is 2. The Labute approximate surface area is 162 Å². The first-order valence-corrected chi connectivity index (χ1v) is 8.00. The Morgan fingerprint density at radius 3 is 2.54 bits per heavy atom. The fourth-order valence-electron chi connectivity index (χ4n) is 2.51. The number of aryl methyl sites for hydroxylation is 1. The topological polar surface area (TPSA) is 130 Å². The van der Waals surface area contributed by atoms with E-state index >= 15 is 0 Å². The average molecular weight is 402 g/mol. The average Bonchev–Trinajstić information content (AvgIpc) is 2.70. The molecule has 1 amide bonds. The van der Waals surface area contributed by atoms with Gasteiger partial charge < -0.3 is 21.1 Å². The Morgan fingerprint density at radius 1 is 1.36 bits per heavy atom. The summed E-state index contributed by atoms with van der Waals surface area (Å²) in [7, 11) is 0. The Kier molecular flexibility index (Phi) is 4.90. The molecule has 0 fully saturated rings. The molecule has 0 saturated heterocycles. The van der Waals surface area contributed by atoms with Gasteiger partial charge in [-0.15, -0.1) is 0 Å². The third kappa shape index (κ3) is 3.84. The third-order valence-corrected chi connectivity index (χ3v) is 4.25. The summed E-state index contributed by atoms with van der Waals surface area (Å²) in [5.74, 6) is -1.69. The number of carbonyl (C=O) groups is 1. The lowest BCUT2D eigenvalue weighted by Gasteiger charge is -2.29. The normalized spacial score (nSPS) is 17.2. The van der Waals surface area contributed by atoms with Crippen LogP contribution in [0.15, 0.2) is 24.4 Å². The van der Waals surface area contributed by atoms with Gasteiger partial charge in [-0.1, -0.05) is 19.1 Å². The van der Waals surface area contributed by atoms with Crippen molar-refractivity contribution in [3.05, 3.63) is 46.9 Å². The zero-order valence-electron chi connectivity index (χ0n) is 17.7. The smallest absolute Gasteiger partial charge is 0.396 e. The van der Waals surface area contributed by atoms with Gasteiger partial charge in [0.1, 0.15) is 5.69 Å². The van der Waals surface area contributed by atoms with E-state index in [0.29, 0.717) is 0 Å². The summed E-state index contributed by atoms with van der Waals surface area (Å²) in [5, 5.41) is 28.6. The van der Waals surface area contributed by atoms with E-state index in [9.17, 15) is 33.3 Å². The van der Waals surface area contributed by atoms with Gasteiger partial charge in [-0.05, 0) is 24.0 Å². The van der Waals surface area contributed by atoms with Crippen LogP contribution in [0.1, 0.15) is 44.3 Å². The number of carbonyl (C=O) groups excluding carboxylic acids is 1. The van der Waals surface area contributed by atoms with Crippen LogP contribution in [0.25, 0.3) is 11.3 Å². The van der Waals surface area contributed by atoms with Crippen LogP contribution in [0.2, 0.25) is 0 Å². The van der Waals surface area contributed by atoms with Gasteiger partial charge in [0, 0.05) is 15.6 Å². The molecule has 10 heteroatoms. The van der Waals surface area contributed by atoms with Gasteiger partial charge in [0.15, 0.2) is 0 Å². The second-order valence-corrected chi connectivity index (χ2v) is 6.21. The molecule has 0 aliphatic carbocycles. The van der Waals surface area contributed by atoms with E-state index in [0.717, 1.165) is 24.4 Å². The number of nitrogens with two attached hydrogens (primary N) is 1. The number of nitrogens with zero attached hydrogens (tertiary/aromatic N) is 2. The molecule has 1 aromatic heterocycles. The molecule has 0 spiro atoms. The molecule has 2 atom stereocenters. The quantitative estimate of drug-likeness (QED) is 0.578. The van der Waals surface area contributed by atoms with Gasteiger partial charge >= 0.3 is 6.18 Å². The fourth-order valence-corrected chi connectivity index (χ4v) is 2.51. The molecule has 28 heavy (non-hydrogen) atoms. The van der Waals surface area contributed by atoms with Crippen LogP contribution < -0.4 is 5.73 Å². The summed E-state index contributed by atoms with van der Waals surface area (Å²) >= 11 is 0. The molecule has 152 valence electrons. The van der Waals surface area contributed by atoms with Crippen molar-refractivity contribution in [2.75, 3.05) is 13.2 Å². The highest BCUT2D eigenvalue weighted by atomic mass is 19.4. The predicted octanol–water partition coefficient (Wildman–Crippen LogP) is 1.39. The third-order valence-electron chi connectivity index (χ3n) is 4.25. The summed E-state index contributed by atoms with van der Waals surface area (Å²) in [6.45, 7) is -3.39. The van der Waals surface area contributed by atoms with Gasteiger partial charge in [0.25, 0.3) is 5.91 Å². The molecule has 0 unspecified atom stereocenters. The van der Waals surface area contributed by atoms with Crippen molar-refractivity contribution in [1.82, 2.24) is 9.97 Å². The van der Waals surface area contributed by atoms with Crippen molar-refractivity contribution in [2.24, 2.45) is 5.73 Å². The zero-order valence-corrected chi connectivity index (χ0v) is 14.7. The molecule has 0 aliphatic heterocycles. The summed E-state index contributed by atoms with van der Waals surface area (Å²) in [4.78, 5) is 19.8. The monoisotopic (exact) mass is 402 g/mol. The molecule has 0 bridgehead atoms. The fraction of sp³-hybridized carbons (Fsp3) is 0.389. The van der Waals surface area contributed by atoms with Crippen molar-refractivity contribution in [3.63, 3.8) is 0 Å². The molecule has 1 aromatic carbocycles. The molecular formula is C18H20F3N3O4. The Bertz CT molecular complexity index is 986. The number of hydrogen-bond donors (Lipinski definition) is 4. The van der Waals surface area contributed by atoms with Crippen LogP contribution in [0.5, 0.6) is 0 Å². The zero-order chi connectivity index (χ0) is 23.8. The van der Waals surface area contributed by atoms with E-state index in [2.05, 4.69) is 9.97 Å². The van der Waals surface area contributed by atoms with E-state index in [1.807, 2.05) is 0 Å². The highest BCUT2D eigenvalue weighted by Crippen LogP contribution is 2.40. The Hall–Kier alpha value is -2.56. The minimum absolute atomic E-state index is 0.0208. The molecule has 2 aromatic rings. The number of hydrogen-bond acceptors (Lipinski definition) is 6. The number of alkyl halides is 3. The predicted molar refractivity (Wildman–Crippen MR) is 93.3 cm³/mol. The number of primary amides is 1. The summed E-state index contributed by atoms with van der Waals surface area (Å²) < 4.78 is 63.1. The Morgan fingerprint density at radius 2 is 2.04 bits per heavy atom. The first kappa shape index (κ1) is 17.5. The SMILES string of the molecule is [2H]C([2H])([2H])c1ccc([C@](O)(CO)C(F)(F)F)cc1-c1cnc([C@@H](C)CO)c(C(N)=O)n1. The van der Waals surface area contributed by atoms with Crippen molar-refractivity contribution in [1.29, 1.82) is 0 Å². The summed E-state index contributed by atoms with van der Waals surface area (Å²) in [6, 6.07) is 2.30. The van der Waals surface area contributed by atoms with E-state index < -0.39 is 60.5 Å². The first-order valence-electron chi connectivity index (χ1n) is 9.50. The molecule has 0 radical (unpaired) electrons. The second kappa shape index (κ2) is 7.82. The van der Waals surface area contributed by atoms with Crippen LogP contribution in [0.3, 0.4) is 0 Å². The van der Waals surface area contributed by atoms with Crippen LogP contribution in [-0.4, -0.2) is 50.6 Å². The van der Waals surface area contributed by atoms with Gasteiger partial charge in [-0.25, -0.2) is 4.98 Å². The number of amides is 1. The maximum Gasteiger partial charge on any atom is 0.423 e. The van der Waals surface area contributed by atoms with Crippen LogP contribution in [-0.2, 0) is 5.60 Å². The maximum absolute atomic E-state index is 13.4. The van der Waals surface area contributed by atoms with E-state index in [1.54, 1.807) is 0 Å². The van der Waals surface area contributed by atoms with E-state index in [-0.39, 0.29) is 17.0 Å². The number of rotatable bonds is 6. The highest BCUT2D eigenvalue weighted by Gasteiger charge is 2.54. The lowest BCUT2D eigenvalue weighted by atomic mass is 9.90. The van der Waals surface area contributed by atoms with Gasteiger partial charge in [0.05, 0.1) is 30.8 Å². The lowest BCUT2D eigenvalue weighted by molar-refractivity contribution is -0.277. The van der Waals surface area contributed by atoms with E-state index in [1.165, 1.54) is 6.92 Å². The number of aromatic nitrogens is 2. The number of benzene rings is 1. The minimum atomic E-state index is -5.27. The van der Waals surface area contributed by atoms with Gasteiger partial charge in [-0.2, -0.15) is 13.2 Å². The van der Waals surface area contributed by atoms with Crippen LogP contribution in [0.4, 0.5) is 13.2 Å². The van der Waals surface area contributed by atoms with Gasteiger partial charge in [-0.3, -0.25) is 9.78 Å². The largest absolute Gasteiger partial charge is 0.423 e. The molecule has 5 N–H and O–H groups in total. The van der Waals surface area contributed by atoms with Crippen LogP contribution >= 0.6 is 0 Å². The van der Waals surface area contributed by atoms with E-state index in [4.69, 9.17) is 9.85 Å². The molecular weight excluding hydrogens is 379 g/mol. The van der Waals surface area contributed by atoms with Crippen molar-refractivity contribution in [3.8, 4) is 11.3 Å².